The Labute approximate surface area is 110 Å². The second-order valence-corrected chi connectivity index (χ2v) is 5.00. The molecule has 0 aliphatic rings. The van der Waals surface area contributed by atoms with Crippen LogP contribution >= 0.6 is 15.9 Å². The Morgan fingerprint density at radius 2 is 1.38 bits per heavy atom. The minimum Gasteiger partial charge on any atom is -0.381 e. The molecule has 0 aliphatic heterocycles. The number of rotatable bonds is 13. The van der Waals surface area contributed by atoms with Crippen LogP contribution in [-0.4, -0.2) is 18.5 Å². The number of hydrogen-bond acceptors (Lipinski definition) is 1. The normalized spacial score (nSPS) is 10.6. The third-order valence-corrected chi connectivity index (χ3v) is 3.18. The van der Waals surface area contributed by atoms with E-state index in [0.29, 0.717) is 0 Å². The van der Waals surface area contributed by atoms with Crippen molar-refractivity contribution in [2.75, 3.05) is 18.5 Å². The SMILES string of the molecule is C=CCCCOCCCCCCCCCBr. The van der Waals surface area contributed by atoms with Crippen LogP contribution < -0.4 is 0 Å². The number of halogens is 1. The summed E-state index contributed by atoms with van der Waals surface area (Å²) in [6.07, 6.45) is 13.6. The number of alkyl halides is 1. The summed E-state index contributed by atoms with van der Waals surface area (Å²) >= 11 is 3.46. The first-order valence-corrected chi connectivity index (χ1v) is 7.78. The van der Waals surface area contributed by atoms with Crippen molar-refractivity contribution in [3.63, 3.8) is 0 Å². The highest BCUT2D eigenvalue weighted by molar-refractivity contribution is 9.09. The molecule has 0 radical (unpaired) electrons. The Morgan fingerprint density at radius 3 is 2.00 bits per heavy atom. The highest BCUT2D eigenvalue weighted by Crippen LogP contribution is 2.08. The monoisotopic (exact) mass is 290 g/mol. The van der Waals surface area contributed by atoms with Crippen molar-refractivity contribution < 1.29 is 4.74 Å². The fraction of sp³-hybridized carbons (Fsp3) is 0.857. The smallest absolute Gasteiger partial charge is 0.0468 e. The van der Waals surface area contributed by atoms with Crippen LogP contribution in [0, 0.1) is 0 Å². The average molecular weight is 291 g/mol. The highest BCUT2D eigenvalue weighted by Gasteiger charge is 1.92. The maximum atomic E-state index is 5.53. The molecule has 0 aromatic heterocycles. The third-order valence-electron chi connectivity index (χ3n) is 2.62. The van der Waals surface area contributed by atoms with E-state index in [4.69, 9.17) is 4.74 Å². The minimum absolute atomic E-state index is 0.900. The molecular weight excluding hydrogens is 264 g/mol. The molecule has 0 aromatic carbocycles. The van der Waals surface area contributed by atoms with Gasteiger partial charge in [0.2, 0.25) is 0 Å². The summed E-state index contributed by atoms with van der Waals surface area (Å²) in [5.41, 5.74) is 0. The molecule has 16 heavy (non-hydrogen) atoms. The second kappa shape index (κ2) is 15.2. The van der Waals surface area contributed by atoms with Crippen molar-refractivity contribution in [3.05, 3.63) is 12.7 Å². The number of hydrogen-bond donors (Lipinski definition) is 0. The Morgan fingerprint density at radius 1 is 0.812 bits per heavy atom. The predicted molar refractivity (Wildman–Crippen MR) is 76.4 cm³/mol. The Hall–Kier alpha value is 0.180. The van der Waals surface area contributed by atoms with Crippen LogP contribution in [0.3, 0.4) is 0 Å². The van der Waals surface area contributed by atoms with Crippen molar-refractivity contribution >= 4 is 15.9 Å². The second-order valence-electron chi connectivity index (χ2n) is 4.21. The summed E-state index contributed by atoms with van der Waals surface area (Å²) in [5, 5.41) is 1.16. The lowest BCUT2D eigenvalue weighted by Gasteiger charge is -2.03. The summed E-state index contributed by atoms with van der Waals surface area (Å²) in [6, 6.07) is 0. The number of allylic oxidation sites excluding steroid dienone is 1. The van der Waals surface area contributed by atoms with E-state index in [2.05, 4.69) is 22.5 Å². The fourth-order valence-electron chi connectivity index (χ4n) is 1.61. The molecule has 1 nitrogen and oxygen atoms in total. The van der Waals surface area contributed by atoms with Gasteiger partial charge in [-0.25, -0.2) is 0 Å². The quantitative estimate of drug-likeness (QED) is 0.261. The summed E-state index contributed by atoms with van der Waals surface area (Å²) in [5.74, 6) is 0. The van der Waals surface area contributed by atoms with Gasteiger partial charge >= 0.3 is 0 Å². The lowest BCUT2D eigenvalue weighted by atomic mass is 10.1. The van der Waals surface area contributed by atoms with Crippen LogP contribution in [0.5, 0.6) is 0 Å². The van der Waals surface area contributed by atoms with Crippen LogP contribution in [0.1, 0.15) is 57.8 Å². The standard InChI is InChI=1S/C14H27BrO/c1-2-3-10-13-16-14-11-8-6-4-5-7-9-12-15/h2H,1,3-14H2. The molecule has 0 spiro atoms. The van der Waals surface area contributed by atoms with E-state index in [1.54, 1.807) is 0 Å². The van der Waals surface area contributed by atoms with Crippen molar-refractivity contribution in [2.45, 2.75) is 57.8 Å². The van der Waals surface area contributed by atoms with Gasteiger partial charge in [-0.1, -0.05) is 54.1 Å². The molecule has 0 saturated heterocycles. The first-order chi connectivity index (χ1) is 7.91. The first kappa shape index (κ1) is 16.2. The molecule has 2 heteroatoms. The van der Waals surface area contributed by atoms with Crippen LogP contribution in [0.4, 0.5) is 0 Å². The highest BCUT2D eigenvalue weighted by atomic mass is 79.9. The summed E-state index contributed by atoms with van der Waals surface area (Å²) in [4.78, 5) is 0. The van der Waals surface area contributed by atoms with Gasteiger partial charge in [0, 0.05) is 18.5 Å². The molecular formula is C14H27BrO. The van der Waals surface area contributed by atoms with Gasteiger partial charge < -0.3 is 4.74 Å². The topological polar surface area (TPSA) is 9.23 Å². The molecule has 0 aromatic rings. The van der Waals surface area contributed by atoms with Gasteiger partial charge in [-0.05, 0) is 25.7 Å². The lowest BCUT2D eigenvalue weighted by Crippen LogP contribution is -1.96. The van der Waals surface area contributed by atoms with Gasteiger partial charge in [-0.3, -0.25) is 0 Å². The maximum absolute atomic E-state index is 5.53. The van der Waals surface area contributed by atoms with Crippen molar-refractivity contribution in [2.24, 2.45) is 0 Å². The third kappa shape index (κ3) is 14.2. The minimum atomic E-state index is 0.900. The average Bonchev–Trinajstić information content (AvgIpc) is 2.31. The Bertz CT molecular complexity index is 137. The van der Waals surface area contributed by atoms with Gasteiger partial charge in [-0.15, -0.1) is 6.58 Å². The van der Waals surface area contributed by atoms with Crippen LogP contribution in [0.15, 0.2) is 12.7 Å². The molecule has 0 bridgehead atoms. The zero-order valence-electron chi connectivity index (χ0n) is 10.6. The summed E-state index contributed by atoms with van der Waals surface area (Å²) in [7, 11) is 0. The van der Waals surface area contributed by atoms with Gasteiger partial charge in [0.25, 0.3) is 0 Å². The van der Waals surface area contributed by atoms with E-state index in [9.17, 15) is 0 Å². The van der Waals surface area contributed by atoms with Crippen LogP contribution in [0.25, 0.3) is 0 Å². The van der Waals surface area contributed by atoms with E-state index in [1.807, 2.05) is 6.08 Å². The van der Waals surface area contributed by atoms with E-state index in [1.165, 1.54) is 44.9 Å². The lowest BCUT2D eigenvalue weighted by molar-refractivity contribution is 0.128. The van der Waals surface area contributed by atoms with Crippen molar-refractivity contribution in [1.29, 1.82) is 0 Å². The van der Waals surface area contributed by atoms with Crippen molar-refractivity contribution in [1.82, 2.24) is 0 Å². The largest absolute Gasteiger partial charge is 0.381 e. The fourth-order valence-corrected chi connectivity index (χ4v) is 2.01. The first-order valence-electron chi connectivity index (χ1n) is 6.66. The molecule has 0 fully saturated rings. The molecule has 0 unspecified atom stereocenters. The van der Waals surface area contributed by atoms with Crippen LogP contribution in [0.2, 0.25) is 0 Å². The Balaban J connectivity index is 2.85. The van der Waals surface area contributed by atoms with E-state index in [-0.39, 0.29) is 0 Å². The van der Waals surface area contributed by atoms with Crippen molar-refractivity contribution in [3.8, 4) is 0 Å². The van der Waals surface area contributed by atoms with Gasteiger partial charge in [-0.2, -0.15) is 0 Å². The zero-order chi connectivity index (χ0) is 11.9. The molecule has 0 heterocycles. The predicted octanol–water partition coefficient (Wildman–Crippen LogP) is 5.09. The van der Waals surface area contributed by atoms with Crippen LogP contribution in [-0.2, 0) is 4.74 Å². The van der Waals surface area contributed by atoms with Gasteiger partial charge in [0.1, 0.15) is 0 Å². The van der Waals surface area contributed by atoms with Gasteiger partial charge in [0.05, 0.1) is 0 Å². The maximum Gasteiger partial charge on any atom is 0.0468 e. The molecule has 0 atom stereocenters. The summed E-state index contributed by atoms with van der Waals surface area (Å²) in [6.45, 7) is 5.53. The van der Waals surface area contributed by atoms with E-state index >= 15 is 0 Å². The molecule has 0 saturated carbocycles. The number of ether oxygens (including phenoxy) is 1. The zero-order valence-corrected chi connectivity index (χ0v) is 12.1. The Kier molecular flexibility index (Phi) is 15.4. The van der Waals surface area contributed by atoms with E-state index < -0.39 is 0 Å². The summed E-state index contributed by atoms with van der Waals surface area (Å²) < 4.78 is 5.53. The number of unbranched alkanes of at least 4 members (excludes halogenated alkanes) is 7. The van der Waals surface area contributed by atoms with Gasteiger partial charge in [0.15, 0.2) is 0 Å². The molecule has 0 rings (SSSR count). The van der Waals surface area contributed by atoms with E-state index in [0.717, 1.165) is 31.4 Å². The molecule has 96 valence electrons. The molecule has 0 amide bonds. The molecule has 0 aliphatic carbocycles. The molecule has 0 N–H and O–H groups in total.